The molecule has 1 aromatic carbocycles. The molecule has 1 aliphatic heterocycles. The number of hydrogen-bond acceptors (Lipinski definition) is 8. The molecule has 170 valence electrons. The number of piperazine rings is 1. The molecule has 0 atom stereocenters. The largest absolute Gasteiger partial charge is 0.383 e. The van der Waals surface area contributed by atoms with E-state index in [0.29, 0.717) is 50.6 Å². The summed E-state index contributed by atoms with van der Waals surface area (Å²) in [6, 6.07) is 6.38. The topological polar surface area (TPSA) is 131 Å². The number of carbonyl (C=O) groups excluding carboxylic acids is 1. The van der Waals surface area contributed by atoms with Crippen molar-refractivity contribution in [3.8, 4) is 11.3 Å². The van der Waals surface area contributed by atoms with Gasteiger partial charge >= 0.3 is 0 Å². The van der Waals surface area contributed by atoms with E-state index in [1.165, 1.54) is 17.6 Å². The third-order valence-corrected chi connectivity index (χ3v) is 6.77. The number of methoxy groups -OCH3 is 1. The monoisotopic (exact) mass is 470 g/mol. The fourth-order valence-electron chi connectivity index (χ4n) is 3.03. The van der Waals surface area contributed by atoms with Crippen molar-refractivity contribution >= 4 is 34.2 Å². The first-order chi connectivity index (χ1) is 14.3. The van der Waals surface area contributed by atoms with Crippen molar-refractivity contribution in [3.63, 3.8) is 0 Å². The van der Waals surface area contributed by atoms with Crippen LogP contribution in [0.5, 0.6) is 0 Å². The van der Waals surface area contributed by atoms with Gasteiger partial charge in [0.25, 0.3) is 5.91 Å². The van der Waals surface area contributed by atoms with Crippen molar-refractivity contribution in [2.45, 2.75) is 4.90 Å². The molecule has 12 heteroatoms. The summed E-state index contributed by atoms with van der Waals surface area (Å²) in [6.45, 7) is 3.01. The van der Waals surface area contributed by atoms with Crippen molar-refractivity contribution in [2.24, 2.45) is 0 Å². The van der Waals surface area contributed by atoms with Gasteiger partial charge in [0, 0.05) is 45.4 Å². The second kappa shape index (κ2) is 10.8. The lowest BCUT2D eigenvalue weighted by atomic mass is 10.1. The van der Waals surface area contributed by atoms with Crippen LogP contribution in [0.25, 0.3) is 11.3 Å². The van der Waals surface area contributed by atoms with E-state index in [1.807, 2.05) is 7.05 Å². The minimum absolute atomic E-state index is 0. The van der Waals surface area contributed by atoms with Gasteiger partial charge in [0.2, 0.25) is 10.0 Å². The Morgan fingerprint density at radius 1 is 1.19 bits per heavy atom. The second-order valence-electron chi connectivity index (χ2n) is 6.97. The molecule has 1 saturated heterocycles. The lowest BCUT2D eigenvalue weighted by Gasteiger charge is -2.31. The molecule has 0 saturated carbocycles. The number of nitrogens with one attached hydrogen (secondary N) is 1. The number of benzene rings is 1. The fourth-order valence-corrected chi connectivity index (χ4v) is 4.45. The number of nitrogens with zero attached hydrogens (tertiary/aromatic N) is 4. The van der Waals surface area contributed by atoms with Gasteiger partial charge < -0.3 is 20.7 Å². The van der Waals surface area contributed by atoms with Crippen molar-refractivity contribution in [3.05, 3.63) is 36.2 Å². The molecule has 0 bridgehead atoms. The Morgan fingerprint density at radius 2 is 1.84 bits per heavy atom. The highest BCUT2D eigenvalue weighted by atomic mass is 35.5. The molecule has 2 aromatic rings. The molecule has 2 heterocycles. The van der Waals surface area contributed by atoms with Gasteiger partial charge in [0.05, 0.1) is 23.4 Å². The molecule has 3 N–H and O–H groups in total. The number of anilines is 1. The molecule has 1 amide bonds. The lowest BCUT2D eigenvalue weighted by Crippen LogP contribution is -2.46. The summed E-state index contributed by atoms with van der Waals surface area (Å²) in [7, 11) is -0.0439. The van der Waals surface area contributed by atoms with Crippen LogP contribution in [-0.4, -0.2) is 87.0 Å². The molecule has 1 aromatic heterocycles. The van der Waals surface area contributed by atoms with Crippen LogP contribution >= 0.6 is 12.4 Å². The zero-order chi connectivity index (χ0) is 21.7. The quantitative estimate of drug-likeness (QED) is 0.558. The fraction of sp³-hybridized carbons (Fsp3) is 0.421. The Balaban J connectivity index is 0.00000341. The summed E-state index contributed by atoms with van der Waals surface area (Å²) in [5.74, 6) is -0.434. The Bertz CT molecular complexity index is 995. The number of hydrogen-bond donors (Lipinski definition) is 2. The average molecular weight is 471 g/mol. The molecule has 0 aliphatic carbocycles. The Morgan fingerprint density at radius 3 is 2.45 bits per heavy atom. The predicted octanol–water partition coefficient (Wildman–Crippen LogP) is 0.460. The first-order valence-corrected chi connectivity index (χ1v) is 11.0. The number of sulfonamides is 1. The number of carbonyl (C=O) groups is 1. The summed E-state index contributed by atoms with van der Waals surface area (Å²) in [4.78, 5) is 22.9. The molecule has 31 heavy (non-hydrogen) atoms. The number of likely N-dealkylation sites (N-methyl/N-ethyl adjacent to an activating group) is 1. The highest BCUT2D eigenvalue weighted by Gasteiger charge is 2.27. The van der Waals surface area contributed by atoms with Crippen molar-refractivity contribution in [2.75, 3.05) is 59.2 Å². The van der Waals surface area contributed by atoms with Crippen LogP contribution in [0.3, 0.4) is 0 Å². The number of ether oxygens (including phenoxy) is 1. The molecule has 10 nitrogen and oxygen atoms in total. The van der Waals surface area contributed by atoms with Gasteiger partial charge in [0.15, 0.2) is 11.5 Å². The first kappa shape index (κ1) is 25.0. The summed E-state index contributed by atoms with van der Waals surface area (Å²) >= 11 is 0. The van der Waals surface area contributed by atoms with Gasteiger partial charge in [-0.2, -0.15) is 4.31 Å². The van der Waals surface area contributed by atoms with Crippen LogP contribution in [0.2, 0.25) is 0 Å². The van der Waals surface area contributed by atoms with Gasteiger partial charge in [-0.1, -0.05) is 12.1 Å². The third kappa shape index (κ3) is 5.89. The standard InChI is InChI=1S/C19H26N6O4S.ClH/c1-24-8-10-25(11-9-24)30(27,28)15-5-3-14(4-6-15)16-13-22-18(20)17(23-16)19(26)21-7-12-29-2;/h3-6,13H,7-12H2,1-2H3,(H2,20,22)(H,21,26);1H. The minimum atomic E-state index is -3.55. The van der Waals surface area contributed by atoms with E-state index in [9.17, 15) is 13.2 Å². The molecule has 1 fully saturated rings. The van der Waals surface area contributed by atoms with Gasteiger partial charge in [-0.15, -0.1) is 12.4 Å². The van der Waals surface area contributed by atoms with Crippen LogP contribution in [0.4, 0.5) is 5.82 Å². The molecular weight excluding hydrogens is 444 g/mol. The van der Waals surface area contributed by atoms with Crippen LogP contribution in [0, 0.1) is 0 Å². The minimum Gasteiger partial charge on any atom is -0.383 e. The highest BCUT2D eigenvalue weighted by Crippen LogP contribution is 2.23. The van der Waals surface area contributed by atoms with E-state index in [2.05, 4.69) is 20.2 Å². The SMILES string of the molecule is COCCNC(=O)c1nc(-c2ccc(S(=O)(=O)N3CCN(C)CC3)cc2)cnc1N.Cl. The average Bonchev–Trinajstić information content (AvgIpc) is 2.74. The van der Waals surface area contributed by atoms with Crippen LogP contribution in [0.15, 0.2) is 35.4 Å². The predicted molar refractivity (Wildman–Crippen MR) is 120 cm³/mol. The van der Waals surface area contributed by atoms with E-state index < -0.39 is 15.9 Å². The van der Waals surface area contributed by atoms with Crippen molar-refractivity contribution in [1.82, 2.24) is 24.5 Å². The van der Waals surface area contributed by atoms with Crippen LogP contribution < -0.4 is 11.1 Å². The number of rotatable bonds is 7. The zero-order valence-corrected chi connectivity index (χ0v) is 19.1. The van der Waals surface area contributed by atoms with E-state index in [4.69, 9.17) is 10.5 Å². The van der Waals surface area contributed by atoms with Crippen molar-refractivity contribution < 1.29 is 17.9 Å². The van der Waals surface area contributed by atoms with Gasteiger partial charge in [0.1, 0.15) is 0 Å². The molecule has 0 radical (unpaired) electrons. The molecule has 1 aliphatic rings. The summed E-state index contributed by atoms with van der Waals surface area (Å²) in [5.41, 5.74) is 6.86. The summed E-state index contributed by atoms with van der Waals surface area (Å²) in [5, 5.41) is 2.65. The smallest absolute Gasteiger partial charge is 0.273 e. The number of aromatic nitrogens is 2. The van der Waals surface area contributed by atoms with Crippen LogP contribution in [-0.2, 0) is 14.8 Å². The summed E-state index contributed by atoms with van der Waals surface area (Å²) < 4.78 is 32.1. The third-order valence-electron chi connectivity index (χ3n) is 4.86. The van der Waals surface area contributed by atoms with E-state index >= 15 is 0 Å². The highest BCUT2D eigenvalue weighted by molar-refractivity contribution is 7.89. The molecular formula is C19H27ClN6O4S. The number of amides is 1. The Kier molecular flexibility index (Phi) is 8.71. The lowest BCUT2D eigenvalue weighted by molar-refractivity contribution is 0.0933. The van der Waals surface area contributed by atoms with Gasteiger partial charge in [-0.3, -0.25) is 4.79 Å². The van der Waals surface area contributed by atoms with Gasteiger partial charge in [-0.25, -0.2) is 18.4 Å². The van der Waals surface area contributed by atoms with Crippen LogP contribution in [0.1, 0.15) is 10.5 Å². The molecule has 3 rings (SSSR count). The maximum atomic E-state index is 12.9. The van der Waals surface area contributed by atoms with Gasteiger partial charge in [-0.05, 0) is 19.2 Å². The molecule has 0 unspecified atom stereocenters. The van der Waals surface area contributed by atoms with Crippen molar-refractivity contribution in [1.29, 1.82) is 0 Å². The number of nitrogens with two attached hydrogens (primary N) is 1. The van der Waals surface area contributed by atoms with E-state index in [-0.39, 0.29) is 28.8 Å². The first-order valence-electron chi connectivity index (χ1n) is 9.51. The second-order valence-corrected chi connectivity index (χ2v) is 8.91. The van der Waals surface area contributed by atoms with E-state index in [1.54, 1.807) is 24.3 Å². The normalized spacial score (nSPS) is 15.3. The Labute approximate surface area is 188 Å². The van der Waals surface area contributed by atoms with E-state index in [0.717, 1.165) is 0 Å². The Hall–Kier alpha value is -2.31. The molecule has 0 spiro atoms. The maximum Gasteiger partial charge on any atom is 0.273 e. The number of nitrogen functional groups attached to an aromatic ring is 1. The summed E-state index contributed by atoms with van der Waals surface area (Å²) in [6.07, 6.45) is 1.45. The maximum absolute atomic E-state index is 12.9. The zero-order valence-electron chi connectivity index (χ0n) is 17.4. The number of halogens is 1.